The lowest BCUT2D eigenvalue weighted by molar-refractivity contribution is -0.207. The summed E-state index contributed by atoms with van der Waals surface area (Å²) in [7, 11) is 0. The van der Waals surface area contributed by atoms with Gasteiger partial charge in [-0.1, -0.05) is 13.8 Å². The van der Waals surface area contributed by atoms with E-state index in [1.165, 1.54) is 32.1 Å². The Kier molecular flexibility index (Phi) is 2.72. The first-order chi connectivity index (χ1) is 8.18. The van der Waals surface area contributed by atoms with Gasteiger partial charge in [0.05, 0.1) is 6.42 Å². The minimum absolute atomic E-state index is 0.112. The Bertz CT molecular complexity index is 293. The number of carbonyl (C=O) groups excluding carboxylic acids is 1. The molecular formula is C15H23O2. The molecule has 0 heterocycles. The van der Waals surface area contributed by atoms with Crippen LogP contribution in [0.25, 0.3) is 0 Å². The van der Waals surface area contributed by atoms with Gasteiger partial charge in [-0.15, -0.1) is 0 Å². The highest BCUT2D eigenvalue weighted by molar-refractivity contribution is 5.78. The molecule has 0 aliphatic heterocycles. The van der Waals surface area contributed by atoms with Crippen molar-refractivity contribution in [2.45, 2.75) is 58.0 Å². The second kappa shape index (κ2) is 4.00. The quantitative estimate of drug-likeness (QED) is 0.701. The second-order valence-electron chi connectivity index (χ2n) is 6.32. The van der Waals surface area contributed by atoms with Crippen molar-refractivity contribution in [2.24, 2.45) is 23.7 Å². The molecule has 4 aliphatic carbocycles. The maximum absolute atomic E-state index is 11.7. The number of carbonyl (C=O) groups is 1. The Morgan fingerprint density at radius 1 is 1.18 bits per heavy atom. The zero-order chi connectivity index (χ0) is 12.0. The van der Waals surface area contributed by atoms with E-state index in [-0.39, 0.29) is 11.6 Å². The molecule has 4 aliphatic rings. The van der Waals surface area contributed by atoms with Gasteiger partial charge in [-0.3, -0.25) is 4.79 Å². The van der Waals surface area contributed by atoms with Crippen molar-refractivity contribution in [3.63, 3.8) is 0 Å². The zero-order valence-corrected chi connectivity index (χ0v) is 10.9. The summed E-state index contributed by atoms with van der Waals surface area (Å²) in [5.41, 5.74) is -0.114. The lowest BCUT2D eigenvalue weighted by atomic mass is 9.49. The van der Waals surface area contributed by atoms with Gasteiger partial charge in [0.1, 0.15) is 5.60 Å². The first-order valence-electron chi connectivity index (χ1n) is 7.20. The van der Waals surface area contributed by atoms with Crippen LogP contribution < -0.4 is 0 Å². The SMILES string of the molecule is C[CH]C(=O)OC1(CC)C2CC3CC(C2)CC1C3. The fourth-order valence-electron chi connectivity index (χ4n) is 5.04. The van der Waals surface area contributed by atoms with E-state index in [0.717, 1.165) is 18.3 Å². The number of rotatable bonds is 3. The molecule has 0 aromatic rings. The molecule has 4 fully saturated rings. The number of hydrogen-bond donors (Lipinski definition) is 0. The van der Waals surface area contributed by atoms with Crippen molar-refractivity contribution in [1.82, 2.24) is 0 Å². The Morgan fingerprint density at radius 3 is 2.12 bits per heavy atom. The molecule has 17 heavy (non-hydrogen) atoms. The average Bonchev–Trinajstić information content (AvgIpc) is 2.33. The maximum Gasteiger partial charge on any atom is 0.310 e. The summed E-state index contributed by atoms with van der Waals surface area (Å²) in [6, 6.07) is 0. The van der Waals surface area contributed by atoms with Gasteiger partial charge in [0.15, 0.2) is 0 Å². The molecule has 0 amide bonds. The predicted octanol–water partition coefficient (Wildman–Crippen LogP) is 3.36. The van der Waals surface area contributed by atoms with E-state index in [4.69, 9.17) is 4.74 Å². The van der Waals surface area contributed by atoms with Crippen LogP contribution in [0.1, 0.15) is 52.4 Å². The summed E-state index contributed by atoms with van der Waals surface area (Å²) in [4.78, 5) is 11.7. The van der Waals surface area contributed by atoms with Crippen molar-refractivity contribution < 1.29 is 9.53 Å². The third kappa shape index (κ3) is 1.63. The Morgan fingerprint density at radius 2 is 1.71 bits per heavy atom. The van der Waals surface area contributed by atoms with Crippen LogP contribution in [0.5, 0.6) is 0 Å². The molecule has 95 valence electrons. The number of hydrogen-bond acceptors (Lipinski definition) is 2. The van der Waals surface area contributed by atoms with Crippen molar-refractivity contribution in [3.05, 3.63) is 6.42 Å². The number of ether oxygens (including phenoxy) is 1. The minimum Gasteiger partial charge on any atom is -0.458 e. The monoisotopic (exact) mass is 235 g/mol. The average molecular weight is 235 g/mol. The van der Waals surface area contributed by atoms with Crippen molar-refractivity contribution in [3.8, 4) is 0 Å². The molecule has 2 nitrogen and oxygen atoms in total. The highest BCUT2D eigenvalue weighted by Crippen LogP contribution is 2.60. The zero-order valence-electron chi connectivity index (χ0n) is 10.9. The van der Waals surface area contributed by atoms with Gasteiger partial charge < -0.3 is 4.74 Å². The standard InChI is InChI=1S/C15H23O2/c1-3-14(16)17-15(4-2)12-6-10-5-11(8-12)9-13(15)7-10/h3,10-13H,4-9H2,1-2H3. The van der Waals surface area contributed by atoms with Crippen molar-refractivity contribution in [1.29, 1.82) is 0 Å². The van der Waals surface area contributed by atoms with E-state index in [0.29, 0.717) is 11.8 Å². The molecule has 0 unspecified atom stereocenters. The molecule has 0 spiro atoms. The molecule has 4 bridgehead atoms. The lowest BCUT2D eigenvalue weighted by Crippen LogP contribution is -2.59. The highest BCUT2D eigenvalue weighted by Gasteiger charge is 2.58. The molecule has 0 saturated heterocycles. The first-order valence-corrected chi connectivity index (χ1v) is 7.20. The molecule has 4 rings (SSSR count). The van der Waals surface area contributed by atoms with E-state index in [1.807, 2.05) is 0 Å². The minimum atomic E-state index is -0.114. The van der Waals surface area contributed by atoms with E-state index in [2.05, 4.69) is 6.92 Å². The summed E-state index contributed by atoms with van der Waals surface area (Å²) >= 11 is 0. The van der Waals surface area contributed by atoms with Crippen molar-refractivity contribution in [2.75, 3.05) is 0 Å². The molecule has 0 aromatic heterocycles. The molecule has 1 radical (unpaired) electrons. The van der Waals surface area contributed by atoms with E-state index in [9.17, 15) is 4.79 Å². The lowest BCUT2D eigenvalue weighted by Gasteiger charge is -2.60. The molecule has 2 heteroatoms. The van der Waals surface area contributed by atoms with E-state index < -0.39 is 0 Å². The van der Waals surface area contributed by atoms with Crippen LogP contribution in [0.2, 0.25) is 0 Å². The van der Waals surface area contributed by atoms with Crippen LogP contribution in [0.3, 0.4) is 0 Å². The fourth-order valence-corrected chi connectivity index (χ4v) is 5.04. The van der Waals surface area contributed by atoms with Gasteiger partial charge in [-0.25, -0.2) is 0 Å². The molecule has 0 N–H and O–H groups in total. The van der Waals surface area contributed by atoms with Crippen LogP contribution in [-0.2, 0) is 9.53 Å². The van der Waals surface area contributed by atoms with Gasteiger partial charge in [0.2, 0.25) is 0 Å². The molecule has 0 aromatic carbocycles. The highest BCUT2D eigenvalue weighted by atomic mass is 16.6. The topological polar surface area (TPSA) is 26.3 Å². The van der Waals surface area contributed by atoms with Crippen LogP contribution in [0.15, 0.2) is 0 Å². The van der Waals surface area contributed by atoms with E-state index >= 15 is 0 Å². The van der Waals surface area contributed by atoms with Gasteiger partial charge in [0.25, 0.3) is 0 Å². The first kappa shape index (κ1) is 11.6. The maximum atomic E-state index is 11.7. The van der Waals surface area contributed by atoms with Crippen LogP contribution >= 0.6 is 0 Å². The summed E-state index contributed by atoms with van der Waals surface area (Å²) in [5, 5.41) is 0. The Hall–Kier alpha value is -0.530. The third-order valence-electron chi connectivity index (χ3n) is 5.60. The van der Waals surface area contributed by atoms with Crippen LogP contribution in [-0.4, -0.2) is 11.6 Å². The fraction of sp³-hybridized carbons (Fsp3) is 0.867. The summed E-state index contributed by atoms with van der Waals surface area (Å²) < 4.78 is 5.92. The van der Waals surface area contributed by atoms with Crippen LogP contribution in [0, 0.1) is 30.1 Å². The number of esters is 1. The second-order valence-corrected chi connectivity index (χ2v) is 6.32. The third-order valence-corrected chi connectivity index (χ3v) is 5.60. The van der Waals surface area contributed by atoms with Gasteiger partial charge in [-0.05, 0) is 62.2 Å². The molecule has 4 saturated carbocycles. The van der Waals surface area contributed by atoms with Gasteiger partial charge in [0, 0.05) is 0 Å². The van der Waals surface area contributed by atoms with Crippen LogP contribution in [0.4, 0.5) is 0 Å². The van der Waals surface area contributed by atoms with Gasteiger partial charge >= 0.3 is 5.97 Å². The smallest absolute Gasteiger partial charge is 0.310 e. The van der Waals surface area contributed by atoms with Gasteiger partial charge in [-0.2, -0.15) is 0 Å². The predicted molar refractivity (Wildman–Crippen MR) is 66.1 cm³/mol. The van der Waals surface area contributed by atoms with Crippen molar-refractivity contribution >= 4 is 5.97 Å². The molecular weight excluding hydrogens is 212 g/mol. The summed E-state index contributed by atoms with van der Waals surface area (Å²) in [6.07, 6.45) is 9.23. The summed E-state index contributed by atoms with van der Waals surface area (Å²) in [6.45, 7) is 3.98. The Labute approximate surface area is 104 Å². The van der Waals surface area contributed by atoms with E-state index in [1.54, 1.807) is 13.3 Å². The normalized spacial score (nSPS) is 47.2. The molecule has 0 atom stereocenters. The summed E-state index contributed by atoms with van der Waals surface area (Å²) in [5.74, 6) is 3.04. The Balaban J connectivity index is 1.86. The largest absolute Gasteiger partial charge is 0.458 e.